The monoisotopic (exact) mass is 575 g/mol. The first-order valence-corrected chi connectivity index (χ1v) is 16.0. The second kappa shape index (κ2) is 13.8. The van der Waals surface area contributed by atoms with Gasteiger partial charge in [-0.15, -0.1) is 0 Å². The molecule has 0 spiro atoms. The van der Waals surface area contributed by atoms with E-state index in [9.17, 15) is 18.0 Å². The Labute approximate surface area is 244 Å². The molecule has 0 aliphatic heterocycles. The van der Waals surface area contributed by atoms with Crippen molar-refractivity contribution in [3.8, 4) is 0 Å². The van der Waals surface area contributed by atoms with Crippen LogP contribution in [-0.4, -0.2) is 43.8 Å². The van der Waals surface area contributed by atoms with E-state index >= 15 is 0 Å². The Bertz CT molecular complexity index is 1420. The fourth-order valence-corrected chi connectivity index (χ4v) is 6.79. The van der Waals surface area contributed by atoms with Gasteiger partial charge in [0.1, 0.15) is 12.6 Å². The molecule has 0 unspecified atom stereocenters. The Morgan fingerprint density at radius 1 is 0.902 bits per heavy atom. The Morgan fingerprint density at radius 3 is 2.20 bits per heavy atom. The van der Waals surface area contributed by atoms with E-state index in [1.54, 1.807) is 43.3 Å². The van der Waals surface area contributed by atoms with Crippen molar-refractivity contribution >= 4 is 27.5 Å². The van der Waals surface area contributed by atoms with Crippen LogP contribution in [0.2, 0.25) is 0 Å². The summed E-state index contributed by atoms with van der Waals surface area (Å²) in [6, 6.07) is 22.7. The van der Waals surface area contributed by atoms with Gasteiger partial charge in [-0.05, 0) is 62.4 Å². The molecular weight excluding hydrogens is 534 g/mol. The zero-order chi connectivity index (χ0) is 29.4. The van der Waals surface area contributed by atoms with Crippen LogP contribution >= 0.6 is 0 Å². The maximum atomic E-state index is 14.1. The summed E-state index contributed by atoms with van der Waals surface area (Å²) in [6.45, 7) is 5.33. The summed E-state index contributed by atoms with van der Waals surface area (Å²) in [5.74, 6) is -0.662. The molecule has 1 N–H and O–H groups in total. The van der Waals surface area contributed by atoms with Crippen LogP contribution in [0.3, 0.4) is 0 Å². The second-order valence-corrected chi connectivity index (χ2v) is 12.7. The van der Waals surface area contributed by atoms with E-state index in [0.29, 0.717) is 12.1 Å². The number of sulfonamides is 1. The number of aryl methyl sites for hydroxylation is 2. The number of hydrogen-bond donors (Lipinski definition) is 1. The molecule has 1 atom stereocenters. The molecule has 41 heavy (non-hydrogen) atoms. The third-order valence-electron chi connectivity index (χ3n) is 7.84. The highest BCUT2D eigenvalue weighted by Crippen LogP contribution is 2.28. The summed E-state index contributed by atoms with van der Waals surface area (Å²) < 4.78 is 29.3. The smallest absolute Gasteiger partial charge is 0.264 e. The average Bonchev–Trinajstić information content (AvgIpc) is 2.99. The lowest BCUT2D eigenvalue weighted by Crippen LogP contribution is -2.53. The Hall–Kier alpha value is -3.65. The number of amides is 2. The highest BCUT2D eigenvalue weighted by Gasteiger charge is 2.33. The topological polar surface area (TPSA) is 86.8 Å². The Morgan fingerprint density at radius 2 is 1.54 bits per heavy atom. The van der Waals surface area contributed by atoms with Crippen molar-refractivity contribution < 1.29 is 18.0 Å². The minimum atomic E-state index is -4.09. The Kier molecular flexibility index (Phi) is 10.2. The van der Waals surface area contributed by atoms with E-state index in [2.05, 4.69) is 5.32 Å². The number of nitrogens with zero attached hydrogens (tertiary/aromatic N) is 2. The molecule has 0 bridgehead atoms. The molecule has 2 amide bonds. The summed E-state index contributed by atoms with van der Waals surface area (Å²) >= 11 is 0. The maximum absolute atomic E-state index is 14.1. The van der Waals surface area contributed by atoms with E-state index in [1.165, 1.54) is 15.6 Å². The lowest BCUT2D eigenvalue weighted by molar-refractivity contribution is -0.139. The van der Waals surface area contributed by atoms with Crippen LogP contribution in [0.5, 0.6) is 0 Å². The summed E-state index contributed by atoms with van der Waals surface area (Å²) in [6.07, 6.45) is 5.79. The number of benzene rings is 3. The number of carbonyl (C=O) groups is 2. The molecule has 0 aromatic heterocycles. The third-order valence-corrected chi connectivity index (χ3v) is 9.62. The van der Waals surface area contributed by atoms with E-state index < -0.39 is 28.5 Å². The van der Waals surface area contributed by atoms with Crippen LogP contribution < -0.4 is 9.62 Å². The SMILES string of the molecule is CCc1ccccc1N(CC(=O)N(Cc1ccccc1)[C@@H](C)C(=O)NC1CCCCC1)S(=O)(=O)c1ccc(C)cc1. The molecule has 3 aromatic carbocycles. The first-order chi connectivity index (χ1) is 19.7. The van der Waals surface area contributed by atoms with Crippen LogP contribution in [0, 0.1) is 6.92 Å². The van der Waals surface area contributed by atoms with Gasteiger partial charge in [0, 0.05) is 12.6 Å². The van der Waals surface area contributed by atoms with Crippen molar-refractivity contribution in [2.24, 2.45) is 0 Å². The molecule has 3 aromatic rings. The number of hydrogen-bond acceptors (Lipinski definition) is 4. The maximum Gasteiger partial charge on any atom is 0.264 e. The number of nitrogens with one attached hydrogen (secondary N) is 1. The molecule has 4 rings (SSSR count). The normalized spacial score (nSPS) is 14.7. The second-order valence-electron chi connectivity index (χ2n) is 10.8. The predicted molar refractivity (Wildman–Crippen MR) is 163 cm³/mol. The van der Waals surface area contributed by atoms with Gasteiger partial charge >= 0.3 is 0 Å². The molecule has 7 nitrogen and oxygen atoms in total. The molecule has 1 aliphatic rings. The fourth-order valence-electron chi connectivity index (χ4n) is 5.34. The average molecular weight is 576 g/mol. The number of rotatable bonds is 11. The molecule has 218 valence electrons. The third kappa shape index (κ3) is 7.55. The van der Waals surface area contributed by atoms with Gasteiger partial charge in [0.2, 0.25) is 11.8 Å². The summed E-state index contributed by atoms with van der Waals surface area (Å²) in [5, 5.41) is 3.14. The van der Waals surface area contributed by atoms with Gasteiger partial charge in [0.15, 0.2) is 0 Å². The summed E-state index contributed by atoms with van der Waals surface area (Å²) in [5.41, 5.74) is 3.07. The molecule has 1 aliphatic carbocycles. The molecule has 0 radical (unpaired) electrons. The summed E-state index contributed by atoms with van der Waals surface area (Å²) in [4.78, 5) is 29.2. The van der Waals surface area contributed by atoms with Crippen LogP contribution in [0.4, 0.5) is 5.69 Å². The highest BCUT2D eigenvalue weighted by molar-refractivity contribution is 7.92. The largest absolute Gasteiger partial charge is 0.352 e. The van der Waals surface area contributed by atoms with Gasteiger partial charge in [0.05, 0.1) is 10.6 Å². The summed E-state index contributed by atoms with van der Waals surface area (Å²) in [7, 11) is -4.09. The van der Waals surface area contributed by atoms with Gasteiger partial charge in [-0.1, -0.05) is 92.4 Å². The van der Waals surface area contributed by atoms with Crippen LogP contribution in [0.1, 0.15) is 62.6 Å². The van der Waals surface area contributed by atoms with Crippen molar-refractivity contribution in [3.05, 3.63) is 95.6 Å². The molecule has 0 saturated heterocycles. The predicted octanol–water partition coefficient (Wildman–Crippen LogP) is 5.62. The fraction of sp³-hybridized carbons (Fsp3) is 0.394. The molecule has 1 fully saturated rings. The lowest BCUT2D eigenvalue weighted by Gasteiger charge is -2.33. The van der Waals surface area contributed by atoms with E-state index in [-0.39, 0.29) is 23.4 Å². The molecule has 8 heteroatoms. The molecular formula is C33H41N3O4S. The van der Waals surface area contributed by atoms with Crippen molar-refractivity contribution in [1.29, 1.82) is 0 Å². The van der Waals surface area contributed by atoms with Crippen molar-refractivity contribution in [2.75, 3.05) is 10.8 Å². The van der Waals surface area contributed by atoms with Crippen LogP contribution in [0.25, 0.3) is 0 Å². The first kappa shape index (κ1) is 30.3. The van der Waals surface area contributed by atoms with Gasteiger partial charge in [-0.25, -0.2) is 8.42 Å². The van der Waals surface area contributed by atoms with Gasteiger partial charge in [-0.2, -0.15) is 0 Å². The van der Waals surface area contributed by atoms with Gasteiger partial charge in [-0.3, -0.25) is 13.9 Å². The minimum absolute atomic E-state index is 0.0993. The van der Waals surface area contributed by atoms with E-state index in [1.807, 2.05) is 56.3 Å². The zero-order valence-corrected chi connectivity index (χ0v) is 25.1. The highest BCUT2D eigenvalue weighted by atomic mass is 32.2. The lowest BCUT2D eigenvalue weighted by atomic mass is 9.95. The number of anilines is 1. The molecule has 1 saturated carbocycles. The number of para-hydroxylation sites is 1. The van der Waals surface area contributed by atoms with E-state index in [4.69, 9.17) is 0 Å². The quantitative estimate of drug-likeness (QED) is 0.322. The van der Waals surface area contributed by atoms with Crippen molar-refractivity contribution in [1.82, 2.24) is 10.2 Å². The van der Waals surface area contributed by atoms with Gasteiger partial charge in [0.25, 0.3) is 10.0 Å². The van der Waals surface area contributed by atoms with Crippen molar-refractivity contribution in [2.45, 2.75) is 82.8 Å². The zero-order valence-electron chi connectivity index (χ0n) is 24.3. The Balaban J connectivity index is 1.69. The van der Waals surface area contributed by atoms with Crippen molar-refractivity contribution in [3.63, 3.8) is 0 Å². The van der Waals surface area contributed by atoms with Gasteiger partial charge < -0.3 is 10.2 Å². The van der Waals surface area contributed by atoms with Crippen LogP contribution in [-0.2, 0) is 32.6 Å². The molecule has 0 heterocycles. The van der Waals surface area contributed by atoms with E-state index in [0.717, 1.165) is 42.4 Å². The minimum Gasteiger partial charge on any atom is -0.352 e. The van der Waals surface area contributed by atoms with Crippen LogP contribution in [0.15, 0.2) is 83.8 Å². The number of carbonyl (C=O) groups excluding carboxylic acids is 2. The first-order valence-electron chi connectivity index (χ1n) is 14.5. The standard InChI is InChI=1S/C33H41N3O4S/c1-4-28-15-11-12-18-31(28)36(41(39,40)30-21-19-25(2)20-22-30)24-32(37)35(23-27-13-7-5-8-14-27)26(3)33(38)34-29-16-9-6-10-17-29/h5,7-8,11-15,18-22,26,29H,4,6,9-10,16-17,23-24H2,1-3H3,(H,34,38)/t26-/m0/s1.